The molecule has 2 heterocycles. The van der Waals surface area contributed by atoms with Crippen LogP contribution in [0.5, 0.6) is 0 Å². The summed E-state index contributed by atoms with van der Waals surface area (Å²) in [6.07, 6.45) is 14.2. The fraction of sp³-hybridized carbons (Fsp3) is 0.571. The van der Waals surface area contributed by atoms with Crippen molar-refractivity contribution in [2.45, 2.75) is 105 Å². The van der Waals surface area contributed by atoms with Gasteiger partial charge in [-0.1, -0.05) is 53.4 Å². The second-order valence-electron chi connectivity index (χ2n) is 8.64. The van der Waals surface area contributed by atoms with Crippen LogP contribution in [0.3, 0.4) is 0 Å². The molecule has 0 fully saturated rings. The molecule has 2 aromatic rings. The third-order valence-electron chi connectivity index (χ3n) is 6.17. The first-order valence-electron chi connectivity index (χ1n) is 12.5. The Morgan fingerprint density at radius 1 is 0.562 bits per heavy atom. The van der Waals surface area contributed by atoms with Crippen LogP contribution in [-0.4, -0.2) is 22.5 Å². The number of aromatic nitrogens is 2. The summed E-state index contributed by atoms with van der Waals surface area (Å²) in [5.74, 6) is 6.67. The molecule has 32 heavy (non-hydrogen) atoms. The Kier molecular flexibility index (Phi) is 11.1. The van der Waals surface area contributed by atoms with Crippen LogP contribution in [0.25, 0.3) is 0 Å². The van der Waals surface area contributed by atoms with Gasteiger partial charge in [0.15, 0.2) is 12.6 Å². The maximum atomic E-state index is 11.7. The Labute approximate surface area is 194 Å². The molecular weight excluding hydrogens is 396 g/mol. The molecule has 0 spiro atoms. The highest BCUT2D eigenvalue weighted by Gasteiger charge is 2.17. The molecule has 0 bridgehead atoms. The van der Waals surface area contributed by atoms with Gasteiger partial charge in [-0.3, -0.25) is 9.59 Å². The van der Waals surface area contributed by atoms with Gasteiger partial charge in [-0.15, -0.1) is 0 Å². The van der Waals surface area contributed by atoms with Crippen molar-refractivity contribution in [2.75, 3.05) is 0 Å². The van der Waals surface area contributed by atoms with Crippen molar-refractivity contribution >= 4 is 12.6 Å². The highest BCUT2D eigenvalue weighted by molar-refractivity contribution is 5.78. The summed E-state index contributed by atoms with van der Waals surface area (Å²) in [6.45, 7) is 8.71. The first kappa shape index (κ1) is 25.7. The second kappa shape index (κ2) is 13.8. The average Bonchev–Trinajstić information content (AvgIpc) is 3.33. The molecule has 4 heteroatoms. The molecule has 0 atom stereocenters. The predicted octanol–water partition coefficient (Wildman–Crippen LogP) is 6.74. The predicted molar refractivity (Wildman–Crippen MR) is 133 cm³/mol. The highest BCUT2D eigenvalue weighted by Crippen LogP contribution is 2.25. The van der Waals surface area contributed by atoms with Gasteiger partial charge in [-0.05, 0) is 85.5 Å². The van der Waals surface area contributed by atoms with Gasteiger partial charge >= 0.3 is 0 Å². The van der Waals surface area contributed by atoms with E-state index < -0.39 is 0 Å². The van der Waals surface area contributed by atoms with Crippen molar-refractivity contribution in [3.63, 3.8) is 0 Å². The fourth-order valence-corrected chi connectivity index (χ4v) is 4.27. The molecule has 2 rings (SSSR count). The summed E-state index contributed by atoms with van der Waals surface area (Å²) >= 11 is 0. The first-order chi connectivity index (χ1) is 15.6. The van der Waals surface area contributed by atoms with Crippen molar-refractivity contribution in [3.8, 4) is 11.8 Å². The first-order valence-corrected chi connectivity index (χ1v) is 12.5. The molecule has 0 saturated heterocycles. The van der Waals surface area contributed by atoms with E-state index >= 15 is 0 Å². The zero-order valence-electron chi connectivity index (χ0n) is 20.5. The van der Waals surface area contributed by atoms with Crippen LogP contribution in [-0.2, 0) is 25.7 Å². The summed E-state index contributed by atoms with van der Waals surface area (Å²) in [5.41, 5.74) is 7.70. The van der Waals surface area contributed by atoms with Crippen LogP contribution in [0.1, 0.15) is 134 Å². The summed E-state index contributed by atoms with van der Waals surface area (Å²) < 4.78 is 0. The minimum atomic E-state index is 0.670. The van der Waals surface area contributed by atoms with E-state index in [0.29, 0.717) is 11.4 Å². The van der Waals surface area contributed by atoms with Gasteiger partial charge in [0, 0.05) is 0 Å². The van der Waals surface area contributed by atoms with E-state index in [1.807, 2.05) is 0 Å². The molecule has 0 unspecified atom stereocenters. The van der Waals surface area contributed by atoms with Crippen molar-refractivity contribution in [3.05, 3.63) is 45.0 Å². The van der Waals surface area contributed by atoms with Crippen molar-refractivity contribution in [1.29, 1.82) is 0 Å². The molecule has 0 radical (unpaired) electrons. The van der Waals surface area contributed by atoms with Gasteiger partial charge in [0.1, 0.15) is 0 Å². The molecule has 4 nitrogen and oxygen atoms in total. The van der Waals surface area contributed by atoms with E-state index in [0.717, 1.165) is 112 Å². The number of aldehydes is 2. The highest BCUT2D eigenvalue weighted by atomic mass is 16.1. The van der Waals surface area contributed by atoms with E-state index in [1.54, 1.807) is 0 Å². The Hall–Kier alpha value is -2.54. The van der Waals surface area contributed by atoms with Gasteiger partial charge in [-0.25, -0.2) is 0 Å². The Bertz CT molecular complexity index is 863. The van der Waals surface area contributed by atoms with Crippen LogP contribution >= 0.6 is 0 Å². The lowest BCUT2D eigenvalue weighted by atomic mass is 9.97. The maximum absolute atomic E-state index is 11.7. The van der Waals surface area contributed by atoms with Crippen molar-refractivity contribution < 1.29 is 9.59 Å². The van der Waals surface area contributed by atoms with Crippen LogP contribution in [0.4, 0.5) is 0 Å². The molecule has 0 aliphatic heterocycles. The van der Waals surface area contributed by atoms with Crippen molar-refractivity contribution in [2.24, 2.45) is 0 Å². The van der Waals surface area contributed by atoms with E-state index in [4.69, 9.17) is 0 Å². The monoisotopic (exact) mass is 436 g/mol. The standard InChI is InChI=1S/C28H40N2O2/c1-5-9-13-21-23(15-11-7-3)27(19-31)29-25(21)17-18-26-22(14-10-6-2)24(16-12-8-4)28(20-32)30-26/h19-20,29-30H,5-16H2,1-4H3. The summed E-state index contributed by atoms with van der Waals surface area (Å²) in [4.78, 5) is 30.1. The Balaban J connectivity index is 2.53. The molecule has 0 aliphatic rings. The summed E-state index contributed by atoms with van der Waals surface area (Å²) in [6, 6.07) is 0. The van der Waals surface area contributed by atoms with E-state index in [1.165, 1.54) is 11.1 Å². The maximum Gasteiger partial charge on any atom is 0.166 e. The van der Waals surface area contributed by atoms with Crippen LogP contribution in [0.2, 0.25) is 0 Å². The third-order valence-corrected chi connectivity index (χ3v) is 6.17. The zero-order valence-corrected chi connectivity index (χ0v) is 20.5. The molecule has 2 aromatic heterocycles. The number of aromatic amines is 2. The van der Waals surface area contributed by atoms with Gasteiger partial charge in [0.25, 0.3) is 0 Å². The molecule has 0 saturated carbocycles. The van der Waals surface area contributed by atoms with Gasteiger partial charge in [0.05, 0.1) is 22.8 Å². The van der Waals surface area contributed by atoms with Crippen LogP contribution in [0.15, 0.2) is 0 Å². The number of rotatable bonds is 14. The number of unbranched alkanes of at least 4 members (excludes halogenated alkanes) is 4. The summed E-state index contributed by atoms with van der Waals surface area (Å²) in [7, 11) is 0. The van der Waals surface area contributed by atoms with E-state index in [9.17, 15) is 9.59 Å². The lowest BCUT2D eigenvalue weighted by molar-refractivity contribution is 0.111. The number of carbonyl (C=O) groups excluding carboxylic acids is 2. The smallest absolute Gasteiger partial charge is 0.166 e. The third kappa shape index (κ3) is 6.48. The van der Waals surface area contributed by atoms with Crippen LogP contribution < -0.4 is 0 Å². The second-order valence-corrected chi connectivity index (χ2v) is 8.64. The van der Waals surface area contributed by atoms with Gasteiger partial charge in [-0.2, -0.15) is 0 Å². The van der Waals surface area contributed by atoms with Crippen molar-refractivity contribution in [1.82, 2.24) is 9.97 Å². The number of carbonyl (C=O) groups is 2. The number of hydrogen-bond donors (Lipinski definition) is 2. The molecule has 2 N–H and O–H groups in total. The number of H-pyrrole nitrogens is 2. The lowest BCUT2D eigenvalue weighted by Crippen LogP contribution is -1.96. The Morgan fingerprint density at radius 3 is 1.16 bits per heavy atom. The lowest BCUT2D eigenvalue weighted by Gasteiger charge is -2.05. The topological polar surface area (TPSA) is 65.7 Å². The Morgan fingerprint density at radius 2 is 0.875 bits per heavy atom. The molecule has 0 amide bonds. The van der Waals surface area contributed by atoms with E-state index in [-0.39, 0.29) is 0 Å². The van der Waals surface area contributed by atoms with Gasteiger partial charge in [0.2, 0.25) is 0 Å². The SMILES string of the molecule is CCCCc1c(C#Cc2[nH]c(C=O)c(CCCC)c2CCCC)[nH]c(C=O)c1CCCC. The molecule has 0 aromatic carbocycles. The summed E-state index contributed by atoms with van der Waals surface area (Å²) in [5, 5.41) is 0. The number of nitrogens with one attached hydrogen (secondary N) is 2. The van der Waals surface area contributed by atoms with Gasteiger partial charge < -0.3 is 9.97 Å². The minimum Gasteiger partial charge on any atom is -0.345 e. The normalized spacial score (nSPS) is 10.8. The quantitative estimate of drug-likeness (QED) is 0.254. The van der Waals surface area contributed by atoms with E-state index in [2.05, 4.69) is 49.5 Å². The van der Waals surface area contributed by atoms with Crippen LogP contribution in [0, 0.1) is 11.8 Å². The minimum absolute atomic E-state index is 0.670. The zero-order chi connectivity index (χ0) is 23.3. The molecule has 0 aliphatic carbocycles. The fourth-order valence-electron chi connectivity index (χ4n) is 4.27. The largest absolute Gasteiger partial charge is 0.345 e. The average molecular weight is 437 g/mol. The molecular formula is C28H40N2O2. The number of hydrogen-bond acceptors (Lipinski definition) is 2. The molecule has 174 valence electrons.